The lowest BCUT2D eigenvalue weighted by Crippen LogP contribution is -2.64. The van der Waals surface area contributed by atoms with E-state index < -0.39 is 0 Å². The molecule has 5 aliphatic rings. The summed E-state index contributed by atoms with van der Waals surface area (Å²) in [5.41, 5.74) is 5.80. The van der Waals surface area contributed by atoms with Crippen molar-refractivity contribution in [2.24, 2.45) is 44.3 Å². The van der Waals surface area contributed by atoms with Crippen molar-refractivity contribution in [1.29, 1.82) is 0 Å². The van der Waals surface area contributed by atoms with E-state index in [0.717, 1.165) is 18.8 Å². The quantitative estimate of drug-likeness (QED) is 0.0754. The molecular formula is C50H88O2. The van der Waals surface area contributed by atoms with Crippen molar-refractivity contribution >= 4 is 5.97 Å². The van der Waals surface area contributed by atoms with Gasteiger partial charge in [-0.25, -0.2) is 0 Å². The third-order valence-electron chi connectivity index (χ3n) is 17.6. The SMILES string of the molecule is CCCCCCCCCCCCCCCCCCCC(=O)O[C@H]1CC[C@]2(C)[C@H]3CCC4=C5CC(C)(C)CC[C@]5(C)CC[C@@]4(C)[C@]3(C)CC[C@H]2C1(C)C. The van der Waals surface area contributed by atoms with Gasteiger partial charge in [0, 0.05) is 11.8 Å². The lowest BCUT2D eigenvalue weighted by atomic mass is 9.34. The molecule has 300 valence electrons. The van der Waals surface area contributed by atoms with Crippen LogP contribution in [0.5, 0.6) is 0 Å². The van der Waals surface area contributed by atoms with Crippen LogP contribution in [0.4, 0.5) is 0 Å². The molecule has 0 bridgehead atoms. The molecule has 0 aromatic rings. The van der Waals surface area contributed by atoms with Crippen LogP contribution in [0.15, 0.2) is 11.1 Å². The van der Waals surface area contributed by atoms with Crippen LogP contribution in [0.1, 0.15) is 249 Å². The van der Waals surface area contributed by atoms with E-state index >= 15 is 0 Å². The third-order valence-corrected chi connectivity index (χ3v) is 17.6. The summed E-state index contributed by atoms with van der Waals surface area (Å²) in [6.07, 6.45) is 38.5. The van der Waals surface area contributed by atoms with Crippen LogP contribution in [-0.2, 0) is 9.53 Å². The smallest absolute Gasteiger partial charge is 0.306 e. The van der Waals surface area contributed by atoms with E-state index in [4.69, 9.17) is 4.74 Å². The van der Waals surface area contributed by atoms with Gasteiger partial charge >= 0.3 is 5.97 Å². The van der Waals surface area contributed by atoms with Crippen molar-refractivity contribution in [2.45, 2.75) is 255 Å². The second kappa shape index (κ2) is 17.6. The molecule has 0 aromatic carbocycles. The molecule has 2 nitrogen and oxygen atoms in total. The minimum absolute atomic E-state index is 0.0381. The van der Waals surface area contributed by atoms with Gasteiger partial charge in [-0.05, 0) is 116 Å². The number of carbonyl (C=O) groups excluding carboxylic acids is 1. The van der Waals surface area contributed by atoms with Crippen LogP contribution in [-0.4, -0.2) is 12.1 Å². The zero-order valence-corrected chi connectivity index (χ0v) is 36.6. The Bertz CT molecular complexity index is 1190. The molecule has 7 atom stereocenters. The highest BCUT2D eigenvalue weighted by molar-refractivity contribution is 5.69. The predicted molar refractivity (Wildman–Crippen MR) is 223 cm³/mol. The molecule has 0 N–H and O–H groups in total. The molecule has 4 fully saturated rings. The Labute approximate surface area is 324 Å². The Kier molecular flexibility index (Phi) is 14.3. The Morgan fingerprint density at radius 3 is 1.69 bits per heavy atom. The number of hydrogen-bond donors (Lipinski definition) is 0. The highest BCUT2D eigenvalue weighted by Gasteiger charge is 2.67. The van der Waals surface area contributed by atoms with Gasteiger partial charge in [-0.1, -0.05) is 176 Å². The predicted octanol–water partition coefficient (Wildman–Crippen LogP) is 15.9. The maximum absolute atomic E-state index is 13.2. The molecule has 0 aromatic heterocycles. The van der Waals surface area contributed by atoms with E-state index in [1.54, 1.807) is 0 Å². The third kappa shape index (κ3) is 8.92. The molecule has 0 unspecified atom stereocenters. The number of fused-ring (bicyclic) bond motifs is 6. The first-order valence-electron chi connectivity index (χ1n) is 23.6. The normalized spacial score (nSPS) is 36.4. The summed E-state index contributed by atoms with van der Waals surface area (Å²) in [5.74, 6) is 1.47. The molecule has 0 amide bonds. The molecule has 5 rings (SSSR count). The lowest BCUT2D eigenvalue weighted by molar-refractivity contribution is -0.214. The lowest BCUT2D eigenvalue weighted by Gasteiger charge is -2.71. The molecule has 0 spiro atoms. The average Bonchev–Trinajstić information content (AvgIpc) is 3.08. The maximum Gasteiger partial charge on any atom is 0.306 e. The summed E-state index contributed by atoms with van der Waals surface area (Å²) in [6.45, 7) is 23.1. The second-order valence-corrected chi connectivity index (χ2v) is 22.0. The van der Waals surface area contributed by atoms with Gasteiger partial charge in [0.1, 0.15) is 6.10 Å². The van der Waals surface area contributed by atoms with E-state index in [1.165, 1.54) is 167 Å². The van der Waals surface area contributed by atoms with Crippen molar-refractivity contribution in [2.75, 3.05) is 0 Å². The van der Waals surface area contributed by atoms with Crippen LogP contribution < -0.4 is 0 Å². The maximum atomic E-state index is 13.2. The topological polar surface area (TPSA) is 26.3 Å². The van der Waals surface area contributed by atoms with E-state index in [0.29, 0.717) is 39.4 Å². The summed E-state index contributed by atoms with van der Waals surface area (Å²) in [7, 11) is 0. The van der Waals surface area contributed by atoms with Gasteiger partial charge in [0.25, 0.3) is 0 Å². The number of allylic oxidation sites excluding steroid dienone is 2. The molecule has 2 heteroatoms. The van der Waals surface area contributed by atoms with E-state index in [9.17, 15) is 4.79 Å². The Morgan fingerprint density at radius 1 is 0.577 bits per heavy atom. The number of hydrogen-bond acceptors (Lipinski definition) is 2. The van der Waals surface area contributed by atoms with Crippen LogP contribution in [0.2, 0.25) is 0 Å². The summed E-state index contributed by atoms with van der Waals surface area (Å²) < 4.78 is 6.44. The minimum Gasteiger partial charge on any atom is -0.462 e. The van der Waals surface area contributed by atoms with Crippen molar-refractivity contribution < 1.29 is 9.53 Å². The van der Waals surface area contributed by atoms with Crippen LogP contribution >= 0.6 is 0 Å². The largest absolute Gasteiger partial charge is 0.462 e. The Hall–Kier alpha value is -0.790. The fourth-order valence-electron chi connectivity index (χ4n) is 13.9. The van der Waals surface area contributed by atoms with Crippen LogP contribution in [0.25, 0.3) is 0 Å². The number of esters is 1. The summed E-state index contributed by atoms with van der Waals surface area (Å²) in [5, 5.41) is 0. The van der Waals surface area contributed by atoms with Gasteiger partial charge < -0.3 is 4.74 Å². The van der Waals surface area contributed by atoms with Crippen LogP contribution in [0, 0.1) is 44.3 Å². The number of ether oxygens (including phenoxy) is 1. The first kappa shape index (κ1) is 42.4. The Balaban J connectivity index is 1.03. The number of rotatable bonds is 19. The van der Waals surface area contributed by atoms with Gasteiger partial charge in [-0.2, -0.15) is 0 Å². The van der Waals surface area contributed by atoms with E-state index in [-0.39, 0.29) is 17.5 Å². The molecule has 52 heavy (non-hydrogen) atoms. The fourth-order valence-corrected chi connectivity index (χ4v) is 13.9. The first-order chi connectivity index (χ1) is 24.6. The summed E-state index contributed by atoms with van der Waals surface area (Å²) >= 11 is 0. The molecule has 0 radical (unpaired) electrons. The van der Waals surface area contributed by atoms with Crippen LogP contribution in [0.3, 0.4) is 0 Å². The van der Waals surface area contributed by atoms with Crippen molar-refractivity contribution in [1.82, 2.24) is 0 Å². The highest BCUT2D eigenvalue weighted by Crippen LogP contribution is 2.75. The fraction of sp³-hybridized carbons (Fsp3) is 0.940. The molecule has 0 heterocycles. The zero-order valence-electron chi connectivity index (χ0n) is 36.6. The first-order valence-corrected chi connectivity index (χ1v) is 23.6. The van der Waals surface area contributed by atoms with Gasteiger partial charge in [0.15, 0.2) is 0 Å². The van der Waals surface area contributed by atoms with Gasteiger partial charge in [0.2, 0.25) is 0 Å². The summed E-state index contributed by atoms with van der Waals surface area (Å²) in [4.78, 5) is 13.2. The van der Waals surface area contributed by atoms with Gasteiger partial charge in [0.05, 0.1) is 0 Å². The van der Waals surface area contributed by atoms with Gasteiger partial charge in [-0.15, -0.1) is 0 Å². The molecule has 0 saturated heterocycles. The summed E-state index contributed by atoms with van der Waals surface area (Å²) in [6, 6.07) is 0. The van der Waals surface area contributed by atoms with E-state index in [1.807, 2.05) is 11.1 Å². The van der Waals surface area contributed by atoms with Crippen molar-refractivity contribution in [3.05, 3.63) is 11.1 Å². The van der Waals surface area contributed by atoms with Crippen molar-refractivity contribution in [3.63, 3.8) is 0 Å². The average molecular weight is 721 g/mol. The monoisotopic (exact) mass is 721 g/mol. The van der Waals surface area contributed by atoms with Gasteiger partial charge in [-0.3, -0.25) is 4.79 Å². The molecule has 4 saturated carbocycles. The number of carbonyl (C=O) groups is 1. The standard InChI is InChI=1S/C50H88O2/c1-10-11-12-13-14-15-16-17-18-19-20-21-22-23-24-25-26-27-44(51)52-43-31-32-48(7)41(46(43,4)5)30-33-50(9)42(48)29-28-39-40-38-45(2,3)34-35-47(40,6)36-37-49(39,50)8/h41-43H,10-38H2,1-9H3/t41-,42+,43-,47+,48-,49+,50+/m0/s1. The zero-order chi connectivity index (χ0) is 37.7. The Morgan fingerprint density at radius 2 is 1.12 bits per heavy atom. The van der Waals surface area contributed by atoms with E-state index in [2.05, 4.69) is 62.3 Å². The molecule has 5 aliphatic carbocycles. The number of unbranched alkanes of at least 4 members (excludes halogenated alkanes) is 16. The molecule has 0 aliphatic heterocycles. The minimum atomic E-state index is 0.0381. The second-order valence-electron chi connectivity index (χ2n) is 22.0. The molecular weight excluding hydrogens is 633 g/mol. The van der Waals surface area contributed by atoms with Crippen molar-refractivity contribution in [3.8, 4) is 0 Å². The highest BCUT2D eigenvalue weighted by atomic mass is 16.5.